The predicted octanol–water partition coefficient (Wildman–Crippen LogP) is 3.01. The minimum Gasteiger partial charge on any atom is -0.394 e. The standard InChI is InChI=1S/C22H28ClN3O2/c23-18-6-4-17(5-7-18)13-20-16-28-21(15-27)14-26(20)19-8-11-25(12-9-19)22-3-1-2-10-24-22/h1-7,10,19-21,27H,8-9,11-16H2/t20-,21?/m0/s1. The molecule has 150 valence electrons. The monoisotopic (exact) mass is 401 g/mol. The molecule has 28 heavy (non-hydrogen) atoms. The molecule has 2 fully saturated rings. The molecule has 2 atom stereocenters. The van der Waals surface area contributed by atoms with Gasteiger partial charge in [0.25, 0.3) is 0 Å². The van der Waals surface area contributed by atoms with Crippen LogP contribution in [0.5, 0.6) is 0 Å². The van der Waals surface area contributed by atoms with E-state index in [2.05, 4.69) is 33.0 Å². The van der Waals surface area contributed by atoms with E-state index in [1.807, 2.05) is 30.5 Å². The molecular formula is C22H28ClN3O2. The summed E-state index contributed by atoms with van der Waals surface area (Å²) < 4.78 is 5.91. The Morgan fingerprint density at radius 2 is 1.89 bits per heavy atom. The molecule has 0 bridgehead atoms. The van der Waals surface area contributed by atoms with Crippen molar-refractivity contribution < 1.29 is 9.84 Å². The summed E-state index contributed by atoms with van der Waals surface area (Å²) in [7, 11) is 0. The fourth-order valence-electron chi connectivity index (χ4n) is 4.37. The van der Waals surface area contributed by atoms with Gasteiger partial charge in [0, 0.05) is 42.9 Å². The molecule has 2 aliphatic heterocycles. The molecule has 0 spiro atoms. The van der Waals surface area contributed by atoms with E-state index in [0.717, 1.165) is 49.7 Å². The summed E-state index contributed by atoms with van der Waals surface area (Å²) in [5, 5.41) is 10.4. The van der Waals surface area contributed by atoms with Gasteiger partial charge in [0.15, 0.2) is 0 Å². The molecule has 1 aromatic heterocycles. The van der Waals surface area contributed by atoms with Gasteiger partial charge in [-0.2, -0.15) is 0 Å². The van der Waals surface area contributed by atoms with Crippen LogP contribution in [0.25, 0.3) is 0 Å². The molecule has 2 aliphatic rings. The number of anilines is 1. The highest BCUT2D eigenvalue weighted by atomic mass is 35.5. The zero-order valence-corrected chi connectivity index (χ0v) is 16.8. The fourth-order valence-corrected chi connectivity index (χ4v) is 4.50. The molecule has 3 heterocycles. The number of halogens is 1. The number of hydrogen-bond acceptors (Lipinski definition) is 5. The molecule has 4 rings (SSSR count). The molecule has 6 heteroatoms. The van der Waals surface area contributed by atoms with Crippen LogP contribution < -0.4 is 4.90 Å². The van der Waals surface area contributed by atoms with Crippen molar-refractivity contribution >= 4 is 17.4 Å². The maximum absolute atomic E-state index is 9.62. The quantitative estimate of drug-likeness (QED) is 0.834. The van der Waals surface area contributed by atoms with Crippen LogP contribution in [0.1, 0.15) is 18.4 Å². The lowest BCUT2D eigenvalue weighted by Crippen LogP contribution is -2.57. The molecule has 2 aromatic rings. The number of piperidine rings is 1. The van der Waals surface area contributed by atoms with E-state index in [-0.39, 0.29) is 12.7 Å². The third kappa shape index (κ3) is 4.66. The summed E-state index contributed by atoms with van der Waals surface area (Å²) in [6, 6.07) is 15.0. The van der Waals surface area contributed by atoms with Crippen molar-refractivity contribution in [2.45, 2.75) is 37.5 Å². The Balaban J connectivity index is 1.42. The number of rotatable bonds is 5. The highest BCUT2D eigenvalue weighted by Crippen LogP contribution is 2.26. The molecule has 0 aliphatic carbocycles. The summed E-state index contributed by atoms with van der Waals surface area (Å²) in [6.45, 7) is 3.56. The van der Waals surface area contributed by atoms with E-state index in [9.17, 15) is 5.11 Å². The van der Waals surface area contributed by atoms with Gasteiger partial charge in [-0.15, -0.1) is 0 Å². The Morgan fingerprint density at radius 3 is 2.57 bits per heavy atom. The largest absolute Gasteiger partial charge is 0.394 e. The van der Waals surface area contributed by atoms with E-state index in [0.29, 0.717) is 18.7 Å². The summed E-state index contributed by atoms with van der Waals surface area (Å²) in [4.78, 5) is 9.44. The molecule has 0 radical (unpaired) electrons. The number of ether oxygens (including phenoxy) is 1. The van der Waals surface area contributed by atoms with Crippen molar-refractivity contribution in [2.75, 3.05) is 37.7 Å². The Labute approximate surface area is 171 Å². The van der Waals surface area contributed by atoms with Crippen LogP contribution in [0.2, 0.25) is 5.02 Å². The van der Waals surface area contributed by atoms with E-state index >= 15 is 0 Å². The van der Waals surface area contributed by atoms with Gasteiger partial charge in [-0.1, -0.05) is 29.8 Å². The number of aliphatic hydroxyl groups is 1. The predicted molar refractivity (Wildman–Crippen MR) is 112 cm³/mol. The van der Waals surface area contributed by atoms with Crippen LogP contribution in [0.4, 0.5) is 5.82 Å². The van der Waals surface area contributed by atoms with Crippen molar-refractivity contribution in [1.29, 1.82) is 0 Å². The first-order valence-corrected chi connectivity index (χ1v) is 10.5. The highest BCUT2D eigenvalue weighted by Gasteiger charge is 2.35. The van der Waals surface area contributed by atoms with Crippen molar-refractivity contribution in [3.05, 3.63) is 59.2 Å². The van der Waals surface area contributed by atoms with Crippen LogP contribution in [0, 0.1) is 0 Å². The van der Waals surface area contributed by atoms with E-state index in [1.54, 1.807) is 0 Å². The molecular weight excluding hydrogens is 374 g/mol. The second-order valence-corrected chi connectivity index (χ2v) is 8.16. The third-order valence-corrected chi connectivity index (χ3v) is 6.15. The number of aromatic nitrogens is 1. The second-order valence-electron chi connectivity index (χ2n) is 7.73. The van der Waals surface area contributed by atoms with Crippen LogP contribution >= 0.6 is 11.6 Å². The minimum absolute atomic E-state index is 0.0803. The number of nitrogens with zero attached hydrogens (tertiary/aromatic N) is 3. The van der Waals surface area contributed by atoms with Gasteiger partial charge >= 0.3 is 0 Å². The first kappa shape index (κ1) is 19.6. The van der Waals surface area contributed by atoms with Gasteiger partial charge in [-0.3, -0.25) is 4.90 Å². The lowest BCUT2D eigenvalue weighted by Gasteiger charge is -2.46. The SMILES string of the molecule is OCC1CN(C2CCN(c3ccccn3)CC2)[C@@H](Cc2ccc(Cl)cc2)CO1. The third-order valence-electron chi connectivity index (χ3n) is 5.90. The fraction of sp³-hybridized carbons (Fsp3) is 0.500. The second kappa shape index (κ2) is 9.23. The van der Waals surface area contributed by atoms with Gasteiger partial charge in [0.05, 0.1) is 19.3 Å². The molecule has 1 unspecified atom stereocenters. The van der Waals surface area contributed by atoms with Crippen LogP contribution in [0.3, 0.4) is 0 Å². The molecule has 2 saturated heterocycles. The summed E-state index contributed by atoms with van der Waals surface area (Å²) in [5.74, 6) is 1.06. The van der Waals surface area contributed by atoms with E-state index < -0.39 is 0 Å². The average Bonchev–Trinajstić information content (AvgIpc) is 2.76. The Morgan fingerprint density at radius 1 is 1.11 bits per heavy atom. The Kier molecular flexibility index (Phi) is 6.47. The Bertz CT molecular complexity index is 735. The van der Waals surface area contributed by atoms with Crippen LogP contribution in [-0.2, 0) is 11.2 Å². The van der Waals surface area contributed by atoms with Crippen molar-refractivity contribution in [3.63, 3.8) is 0 Å². The van der Waals surface area contributed by atoms with E-state index in [1.165, 1.54) is 5.56 Å². The Hall–Kier alpha value is -1.66. The molecule has 0 amide bonds. The van der Waals surface area contributed by atoms with Crippen LogP contribution in [-0.4, -0.2) is 66.0 Å². The lowest BCUT2D eigenvalue weighted by atomic mass is 9.96. The smallest absolute Gasteiger partial charge is 0.128 e. The summed E-state index contributed by atoms with van der Waals surface area (Å²) in [5.41, 5.74) is 1.27. The van der Waals surface area contributed by atoms with Gasteiger partial charge in [-0.25, -0.2) is 4.98 Å². The van der Waals surface area contributed by atoms with Gasteiger partial charge in [0.1, 0.15) is 5.82 Å². The number of hydrogen-bond donors (Lipinski definition) is 1. The number of pyridine rings is 1. The topological polar surface area (TPSA) is 48.8 Å². The zero-order chi connectivity index (χ0) is 19.3. The highest BCUT2D eigenvalue weighted by molar-refractivity contribution is 6.30. The number of aliphatic hydroxyl groups excluding tert-OH is 1. The molecule has 0 saturated carbocycles. The average molecular weight is 402 g/mol. The first-order valence-electron chi connectivity index (χ1n) is 10.1. The van der Waals surface area contributed by atoms with Gasteiger partial charge < -0.3 is 14.7 Å². The maximum Gasteiger partial charge on any atom is 0.128 e. The van der Waals surface area contributed by atoms with Crippen molar-refractivity contribution in [2.24, 2.45) is 0 Å². The molecule has 1 aromatic carbocycles. The van der Waals surface area contributed by atoms with Gasteiger partial charge in [0.2, 0.25) is 0 Å². The van der Waals surface area contributed by atoms with Crippen molar-refractivity contribution in [3.8, 4) is 0 Å². The molecule has 5 nitrogen and oxygen atoms in total. The van der Waals surface area contributed by atoms with Gasteiger partial charge in [-0.05, 0) is 49.1 Å². The van der Waals surface area contributed by atoms with Crippen molar-refractivity contribution in [1.82, 2.24) is 9.88 Å². The number of morpholine rings is 1. The minimum atomic E-state index is -0.0877. The zero-order valence-electron chi connectivity index (χ0n) is 16.1. The lowest BCUT2D eigenvalue weighted by molar-refractivity contribution is -0.0979. The van der Waals surface area contributed by atoms with Crippen LogP contribution in [0.15, 0.2) is 48.7 Å². The first-order chi connectivity index (χ1) is 13.7. The normalized spacial score (nSPS) is 24.4. The summed E-state index contributed by atoms with van der Waals surface area (Å²) in [6.07, 6.45) is 4.92. The molecule has 1 N–H and O–H groups in total. The summed E-state index contributed by atoms with van der Waals surface area (Å²) >= 11 is 6.03. The maximum atomic E-state index is 9.62. The number of benzene rings is 1. The van der Waals surface area contributed by atoms with E-state index in [4.69, 9.17) is 16.3 Å².